The monoisotopic (exact) mass is 577 g/mol. The average molecular weight is 577 g/mol. The Morgan fingerprint density at radius 3 is 2.62 bits per heavy atom. The van der Waals surface area contributed by atoms with Gasteiger partial charge in [-0.25, -0.2) is 9.07 Å². The number of aliphatic imine (C=N–C) groups is 1. The van der Waals surface area contributed by atoms with Gasteiger partial charge in [0.2, 0.25) is 0 Å². The van der Waals surface area contributed by atoms with Crippen molar-refractivity contribution in [1.82, 2.24) is 20.4 Å². The molecule has 0 aliphatic rings. The van der Waals surface area contributed by atoms with Crippen molar-refractivity contribution in [3.8, 4) is 17.5 Å². The molecule has 0 radical (unpaired) electrons. The fourth-order valence-electron chi connectivity index (χ4n) is 3.36. The Kier molecular flexibility index (Phi) is 10.6. The minimum Gasteiger partial charge on any atom is -0.494 e. The second kappa shape index (κ2) is 13.4. The van der Waals surface area contributed by atoms with E-state index in [0.29, 0.717) is 55.4 Å². The molecule has 180 valence electrons. The van der Waals surface area contributed by atoms with Crippen LogP contribution in [0.1, 0.15) is 30.2 Å². The Morgan fingerprint density at radius 2 is 1.94 bits per heavy atom. The number of nitrogen functional groups attached to an aromatic ring is 1. The molecule has 0 saturated carbocycles. The SMILES string of the molecule is CCOc1ccccc1CNC(=NC)NCCCc1nn(-c2ccc(F)cc2)c(N)c1C#N.I. The number of aromatic nitrogens is 2. The minimum atomic E-state index is -0.348. The summed E-state index contributed by atoms with van der Waals surface area (Å²) in [5, 5.41) is 20.6. The van der Waals surface area contributed by atoms with E-state index >= 15 is 0 Å². The highest BCUT2D eigenvalue weighted by molar-refractivity contribution is 14.0. The molecule has 8 nitrogen and oxygen atoms in total. The molecule has 10 heteroatoms. The number of ether oxygens (including phenoxy) is 1. The lowest BCUT2D eigenvalue weighted by Gasteiger charge is -2.14. The minimum absolute atomic E-state index is 0. The average Bonchev–Trinajstić information content (AvgIpc) is 3.15. The van der Waals surface area contributed by atoms with E-state index in [0.717, 1.165) is 11.3 Å². The Hall–Kier alpha value is -3.33. The van der Waals surface area contributed by atoms with Crippen LogP contribution in [-0.4, -0.2) is 35.9 Å². The number of aryl methyl sites for hydroxylation is 1. The van der Waals surface area contributed by atoms with E-state index in [1.165, 1.54) is 16.8 Å². The van der Waals surface area contributed by atoms with Gasteiger partial charge in [-0.15, -0.1) is 24.0 Å². The first kappa shape index (κ1) is 26.9. The van der Waals surface area contributed by atoms with Crippen molar-refractivity contribution in [2.45, 2.75) is 26.3 Å². The zero-order valence-electron chi connectivity index (χ0n) is 19.2. The molecule has 0 aliphatic carbocycles. The quantitative estimate of drug-likeness (QED) is 0.155. The van der Waals surface area contributed by atoms with Crippen molar-refractivity contribution >= 4 is 35.8 Å². The summed E-state index contributed by atoms with van der Waals surface area (Å²) in [4.78, 5) is 4.25. The van der Waals surface area contributed by atoms with Crippen molar-refractivity contribution in [3.63, 3.8) is 0 Å². The highest BCUT2D eigenvalue weighted by atomic mass is 127. The van der Waals surface area contributed by atoms with E-state index in [1.807, 2.05) is 31.2 Å². The maximum atomic E-state index is 13.2. The predicted octanol–water partition coefficient (Wildman–Crippen LogP) is 3.78. The summed E-state index contributed by atoms with van der Waals surface area (Å²) in [5.41, 5.74) is 8.71. The number of rotatable bonds is 9. The lowest BCUT2D eigenvalue weighted by atomic mass is 10.1. The number of nitrogens with one attached hydrogen (secondary N) is 2. The number of guanidine groups is 1. The summed E-state index contributed by atoms with van der Waals surface area (Å²) in [6, 6.07) is 15.8. The zero-order chi connectivity index (χ0) is 23.6. The predicted molar refractivity (Wildman–Crippen MR) is 142 cm³/mol. The molecular weight excluding hydrogens is 548 g/mol. The summed E-state index contributed by atoms with van der Waals surface area (Å²) in [5.74, 6) is 1.41. The second-order valence-corrected chi connectivity index (χ2v) is 7.20. The molecule has 2 aromatic carbocycles. The Morgan fingerprint density at radius 1 is 1.21 bits per heavy atom. The lowest BCUT2D eigenvalue weighted by Crippen LogP contribution is -2.37. The first-order valence-corrected chi connectivity index (χ1v) is 10.8. The van der Waals surface area contributed by atoms with Crippen LogP contribution in [0.3, 0.4) is 0 Å². The summed E-state index contributed by atoms with van der Waals surface area (Å²) in [6.45, 7) is 3.77. The van der Waals surface area contributed by atoms with Gasteiger partial charge >= 0.3 is 0 Å². The van der Waals surface area contributed by atoms with E-state index in [4.69, 9.17) is 10.5 Å². The van der Waals surface area contributed by atoms with Crippen LogP contribution in [-0.2, 0) is 13.0 Å². The third-order valence-electron chi connectivity index (χ3n) is 5.00. The van der Waals surface area contributed by atoms with Crippen molar-refractivity contribution in [2.75, 3.05) is 25.9 Å². The van der Waals surface area contributed by atoms with Crippen molar-refractivity contribution in [1.29, 1.82) is 5.26 Å². The Labute approximate surface area is 216 Å². The zero-order valence-corrected chi connectivity index (χ0v) is 21.5. The normalized spacial score (nSPS) is 10.8. The van der Waals surface area contributed by atoms with Crippen LogP contribution >= 0.6 is 24.0 Å². The van der Waals surface area contributed by atoms with Gasteiger partial charge in [0.15, 0.2) is 5.96 Å². The van der Waals surface area contributed by atoms with Crippen LogP contribution in [0, 0.1) is 17.1 Å². The molecule has 34 heavy (non-hydrogen) atoms. The number of nitrogens with zero attached hydrogens (tertiary/aromatic N) is 4. The van der Waals surface area contributed by atoms with Gasteiger partial charge in [0, 0.05) is 25.7 Å². The maximum absolute atomic E-state index is 13.2. The molecule has 1 aromatic heterocycles. The lowest BCUT2D eigenvalue weighted by molar-refractivity contribution is 0.336. The molecule has 3 rings (SSSR count). The first-order chi connectivity index (χ1) is 16.1. The summed E-state index contributed by atoms with van der Waals surface area (Å²) in [6.07, 6.45) is 1.27. The van der Waals surface area contributed by atoms with Crippen molar-refractivity contribution in [2.24, 2.45) is 4.99 Å². The van der Waals surface area contributed by atoms with E-state index in [1.54, 1.807) is 19.2 Å². The van der Waals surface area contributed by atoms with E-state index in [2.05, 4.69) is 26.8 Å². The van der Waals surface area contributed by atoms with Crippen LogP contribution < -0.4 is 21.1 Å². The Balaban J connectivity index is 0.00000408. The summed E-state index contributed by atoms with van der Waals surface area (Å²) < 4.78 is 20.3. The van der Waals surface area contributed by atoms with Gasteiger partial charge < -0.3 is 21.1 Å². The fraction of sp³-hybridized carbons (Fsp3) is 0.292. The van der Waals surface area contributed by atoms with Crippen LogP contribution in [0.4, 0.5) is 10.2 Å². The van der Waals surface area contributed by atoms with Crippen LogP contribution in [0.2, 0.25) is 0 Å². The number of nitrogens with two attached hydrogens (primary N) is 1. The molecule has 0 spiro atoms. The van der Waals surface area contributed by atoms with E-state index < -0.39 is 0 Å². The molecule has 4 N–H and O–H groups in total. The standard InChI is InChI=1S/C24H28FN7O.HI/c1-3-33-22-9-5-4-7-17(22)16-30-24(28-2)29-14-6-8-21-20(15-26)23(27)32(31-21)19-12-10-18(25)11-13-19;/h4-5,7,9-13H,3,6,8,14,16,27H2,1-2H3,(H2,28,29,30);1H. The van der Waals surface area contributed by atoms with Crippen LogP contribution in [0.5, 0.6) is 5.75 Å². The number of halogens is 2. The number of benzene rings is 2. The largest absolute Gasteiger partial charge is 0.494 e. The van der Waals surface area contributed by atoms with Gasteiger partial charge in [0.25, 0.3) is 0 Å². The number of hydrogen-bond donors (Lipinski definition) is 3. The number of nitriles is 1. The highest BCUT2D eigenvalue weighted by Crippen LogP contribution is 2.22. The number of anilines is 1. The topological polar surface area (TPSA) is 113 Å². The van der Waals surface area contributed by atoms with Gasteiger partial charge in [-0.05, 0) is 50.1 Å². The van der Waals surface area contributed by atoms with Gasteiger partial charge in [-0.1, -0.05) is 18.2 Å². The number of hydrogen-bond acceptors (Lipinski definition) is 5. The maximum Gasteiger partial charge on any atom is 0.191 e. The molecule has 0 fully saturated rings. The van der Waals surface area contributed by atoms with Crippen LogP contribution in [0.25, 0.3) is 5.69 Å². The van der Waals surface area contributed by atoms with Crippen molar-refractivity contribution < 1.29 is 9.13 Å². The van der Waals surface area contributed by atoms with Crippen molar-refractivity contribution in [3.05, 3.63) is 71.2 Å². The number of para-hydroxylation sites is 1. The van der Waals surface area contributed by atoms with Gasteiger partial charge in [-0.2, -0.15) is 10.4 Å². The van der Waals surface area contributed by atoms with Crippen LogP contribution in [0.15, 0.2) is 53.5 Å². The molecule has 0 unspecified atom stereocenters. The molecule has 1 heterocycles. The summed E-state index contributed by atoms with van der Waals surface area (Å²) >= 11 is 0. The van der Waals surface area contributed by atoms with Gasteiger partial charge in [0.1, 0.15) is 29.0 Å². The molecule has 0 saturated heterocycles. The fourth-order valence-corrected chi connectivity index (χ4v) is 3.36. The molecule has 0 bridgehead atoms. The third-order valence-corrected chi connectivity index (χ3v) is 5.00. The van der Waals surface area contributed by atoms with Gasteiger partial charge in [-0.3, -0.25) is 4.99 Å². The molecule has 0 aliphatic heterocycles. The molecular formula is C24H29FIN7O. The molecule has 0 amide bonds. The second-order valence-electron chi connectivity index (χ2n) is 7.20. The molecule has 0 atom stereocenters. The van der Waals surface area contributed by atoms with Gasteiger partial charge in [0.05, 0.1) is 18.0 Å². The highest BCUT2D eigenvalue weighted by Gasteiger charge is 2.16. The van der Waals surface area contributed by atoms with E-state index in [9.17, 15) is 9.65 Å². The summed E-state index contributed by atoms with van der Waals surface area (Å²) in [7, 11) is 1.71. The smallest absolute Gasteiger partial charge is 0.191 e. The molecule has 3 aromatic rings. The Bertz CT molecular complexity index is 1140. The first-order valence-electron chi connectivity index (χ1n) is 10.8. The third kappa shape index (κ3) is 6.84. The van der Waals surface area contributed by atoms with E-state index in [-0.39, 0.29) is 35.6 Å².